The molecule has 0 radical (unpaired) electrons. The second-order valence-electron chi connectivity index (χ2n) is 21.9. The zero-order chi connectivity index (χ0) is 45.9. The fourth-order valence-corrected chi connectivity index (χ4v) is 15.0. The Labute approximate surface area is 408 Å². The van der Waals surface area contributed by atoms with Crippen molar-refractivity contribution in [1.29, 1.82) is 0 Å². The molecule has 0 unspecified atom stereocenters. The molecule has 4 saturated carbocycles. The van der Waals surface area contributed by atoms with Crippen LogP contribution < -0.4 is 4.90 Å². The molecule has 0 saturated heterocycles. The molecule has 0 heterocycles. The molecule has 6 aliphatic carbocycles. The van der Waals surface area contributed by atoms with Gasteiger partial charge in [-0.05, 0) is 176 Å². The van der Waals surface area contributed by atoms with E-state index in [1.54, 1.807) is 5.56 Å². The quantitative estimate of drug-likeness (QED) is 0.147. The molecule has 9 aromatic carbocycles. The Bertz CT molecular complexity index is 3360. The average molecular weight is 888 g/mol. The third-order valence-electron chi connectivity index (χ3n) is 17.7. The summed E-state index contributed by atoms with van der Waals surface area (Å²) >= 11 is 0. The van der Waals surface area contributed by atoms with Crippen LogP contribution in [0.4, 0.5) is 17.1 Å². The molecule has 0 spiro atoms. The highest BCUT2D eigenvalue weighted by Crippen LogP contribution is 2.63. The normalized spacial score (nSPS) is 21.6. The maximum atomic E-state index is 2.68. The van der Waals surface area contributed by atoms with Crippen molar-refractivity contribution in [3.05, 3.63) is 257 Å². The molecule has 1 nitrogen and oxygen atoms in total. The van der Waals surface area contributed by atoms with Crippen LogP contribution in [0.1, 0.15) is 91.3 Å². The van der Waals surface area contributed by atoms with E-state index in [1.807, 2.05) is 0 Å². The highest BCUT2D eigenvalue weighted by atomic mass is 15.1. The molecule has 0 atom stereocenters. The van der Waals surface area contributed by atoms with Gasteiger partial charge in [0.2, 0.25) is 0 Å². The first kappa shape index (κ1) is 40.8. The number of fused-ring (bicyclic) bond motifs is 6. The van der Waals surface area contributed by atoms with Gasteiger partial charge >= 0.3 is 0 Å². The molecule has 6 aliphatic rings. The lowest BCUT2D eigenvalue weighted by atomic mass is 9.48. The molecule has 0 amide bonds. The van der Waals surface area contributed by atoms with E-state index in [4.69, 9.17) is 0 Å². The Morgan fingerprint density at radius 2 is 0.826 bits per heavy atom. The van der Waals surface area contributed by atoms with Crippen molar-refractivity contribution < 1.29 is 0 Å². The molecular weight excluding hydrogens is 831 g/mol. The van der Waals surface area contributed by atoms with Crippen molar-refractivity contribution in [2.75, 3.05) is 4.90 Å². The van der Waals surface area contributed by atoms with E-state index in [0.717, 1.165) is 29.1 Å². The predicted molar refractivity (Wildman–Crippen MR) is 287 cm³/mol. The predicted octanol–water partition coefficient (Wildman–Crippen LogP) is 17.6. The molecule has 15 rings (SSSR count). The zero-order valence-electron chi connectivity index (χ0n) is 39.7. The Kier molecular flexibility index (Phi) is 9.11. The molecular formula is C68H57N. The van der Waals surface area contributed by atoms with Crippen molar-refractivity contribution in [2.45, 2.75) is 68.6 Å². The summed E-state index contributed by atoms with van der Waals surface area (Å²) in [5, 5.41) is 0. The Morgan fingerprint density at radius 3 is 1.43 bits per heavy atom. The topological polar surface area (TPSA) is 3.24 Å². The van der Waals surface area contributed by atoms with Crippen LogP contribution in [0.3, 0.4) is 0 Å². The average Bonchev–Trinajstić information content (AvgIpc) is 3.81. The van der Waals surface area contributed by atoms with Crippen LogP contribution in [0.5, 0.6) is 0 Å². The molecule has 334 valence electrons. The third kappa shape index (κ3) is 6.15. The molecule has 1 heteroatoms. The zero-order valence-corrected chi connectivity index (χ0v) is 39.7. The summed E-state index contributed by atoms with van der Waals surface area (Å²) in [4.78, 5) is 2.57. The monoisotopic (exact) mass is 887 g/mol. The summed E-state index contributed by atoms with van der Waals surface area (Å²) in [7, 11) is 0. The van der Waals surface area contributed by atoms with E-state index in [0.29, 0.717) is 5.41 Å². The Morgan fingerprint density at radius 1 is 0.348 bits per heavy atom. The Balaban J connectivity index is 0.984. The number of hydrogen-bond donors (Lipinski definition) is 0. The van der Waals surface area contributed by atoms with E-state index < -0.39 is 5.41 Å². The van der Waals surface area contributed by atoms with Gasteiger partial charge in [-0.3, -0.25) is 0 Å². The van der Waals surface area contributed by atoms with Gasteiger partial charge in [0.1, 0.15) is 0 Å². The van der Waals surface area contributed by atoms with E-state index in [1.165, 1.54) is 122 Å². The maximum absolute atomic E-state index is 2.68. The van der Waals surface area contributed by atoms with Crippen molar-refractivity contribution in [1.82, 2.24) is 0 Å². The number of benzene rings is 9. The van der Waals surface area contributed by atoms with E-state index in [9.17, 15) is 0 Å². The highest BCUT2D eigenvalue weighted by molar-refractivity contribution is 5.95. The molecule has 4 fully saturated rings. The minimum Gasteiger partial charge on any atom is -0.310 e. The second kappa shape index (κ2) is 15.4. The summed E-state index contributed by atoms with van der Waals surface area (Å²) < 4.78 is 0. The summed E-state index contributed by atoms with van der Waals surface area (Å²) in [5.74, 6) is 2.76. The summed E-state index contributed by atoms with van der Waals surface area (Å²) in [5.41, 5.74) is 23.0. The van der Waals surface area contributed by atoms with Crippen molar-refractivity contribution >= 4 is 17.1 Å². The first-order valence-electron chi connectivity index (χ1n) is 25.6. The molecule has 0 N–H and O–H groups in total. The second-order valence-corrected chi connectivity index (χ2v) is 21.9. The Hall–Kier alpha value is -7.22. The van der Waals surface area contributed by atoms with Crippen LogP contribution in [-0.4, -0.2) is 0 Å². The van der Waals surface area contributed by atoms with Gasteiger partial charge in [0.25, 0.3) is 0 Å². The fraction of sp³-hybridized carbons (Fsp3) is 0.206. The number of hydrogen-bond acceptors (Lipinski definition) is 1. The van der Waals surface area contributed by atoms with Crippen LogP contribution in [0.25, 0.3) is 44.5 Å². The minimum atomic E-state index is -0.522. The standard InChI is InChI=1S/C68H57N/c1-66(2)62-39-53(67-42-45-35-46(43-67)37-47(36-45)44-67)28-31-57(62)58-32-29-54(40-63(58)66)69(65-34-27-50(48-17-7-3-8-18-48)38-60(65)49-19-9-4-10-20-49)55-30-33-59-56-25-15-16-26-61(56)68(64(59)41-55,51-21-11-5-12-22-51)52-23-13-6-14-24-52/h3-34,38-41,45-47H,35-37,42-44H2,1-2H3. The van der Waals surface area contributed by atoms with Gasteiger partial charge in [-0.2, -0.15) is 0 Å². The van der Waals surface area contributed by atoms with Crippen LogP contribution in [0.15, 0.2) is 218 Å². The van der Waals surface area contributed by atoms with E-state index in [2.05, 4.69) is 237 Å². The van der Waals surface area contributed by atoms with Crippen molar-refractivity contribution in [3.63, 3.8) is 0 Å². The lowest BCUT2D eigenvalue weighted by Crippen LogP contribution is -2.48. The van der Waals surface area contributed by atoms with Crippen LogP contribution in [-0.2, 0) is 16.2 Å². The third-order valence-corrected chi connectivity index (χ3v) is 17.7. The lowest BCUT2D eigenvalue weighted by Gasteiger charge is -2.57. The SMILES string of the molecule is CC1(C)c2cc(N(c3ccc4c(c3)C(c3ccccc3)(c3ccccc3)c3ccccc3-4)c3ccc(-c4ccccc4)cc3-c3ccccc3)ccc2-c2ccc(C34CC5CC(CC(C5)C3)C4)cc21. The molecule has 0 aliphatic heterocycles. The van der Waals surface area contributed by atoms with Crippen molar-refractivity contribution in [2.24, 2.45) is 17.8 Å². The van der Waals surface area contributed by atoms with Gasteiger partial charge in [-0.1, -0.05) is 196 Å². The number of anilines is 3. The molecule has 9 aromatic rings. The number of rotatable bonds is 8. The van der Waals surface area contributed by atoms with E-state index >= 15 is 0 Å². The van der Waals surface area contributed by atoms with Gasteiger partial charge in [0.15, 0.2) is 0 Å². The molecule has 4 bridgehead atoms. The van der Waals surface area contributed by atoms with Crippen molar-refractivity contribution in [3.8, 4) is 44.5 Å². The van der Waals surface area contributed by atoms with Crippen LogP contribution in [0, 0.1) is 17.8 Å². The summed E-state index contributed by atoms with van der Waals surface area (Å²) in [6, 6.07) is 82.9. The van der Waals surface area contributed by atoms with Crippen LogP contribution in [0.2, 0.25) is 0 Å². The van der Waals surface area contributed by atoms with Gasteiger partial charge < -0.3 is 4.90 Å². The first-order chi connectivity index (χ1) is 33.9. The van der Waals surface area contributed by atoms with Gasteiger partial charge in [-0.15, -0.1) is 0 Å². The minimum absolute atomic E-state index is 0.167. The largest absolute Gasteiger partial charge is 0.310 e. The van der Waals surface area contributed by atoms with Gasteiger partial charge in [0, 0.05) is 22.4 Å². The highest BCUT2D eigenvalue weighted by Gasteiger charge is 2.52. The molecule has 0 aromatic heterocycles. The fourth-order valence-electron chi connectivity index (χ4n) is 15.0. The van der Waals surface area contributed by atoms with Gasteiger partial charge in [0.05, 0.1) is 11.1 Å². The van der Waals surface area contributed by atoms with Crippen LogP contribution >= 0.6 is 0 Å². The summed E-state index contributed by atoms with van der Waals surface area (Å²) in [6.07, 6.45) is 8.57. The van der Waals surface area contributed by atoms with E-state index in [-0.39, 0.29) is 5.41 Å². The lowest BCUT2D eigenvalue weighted by molar-refractivity contribution is -0.00522. The smallest absolute Gasteiger partial charge is 0.0714 e. The number of nitrogens with zero attached hydrogens (tertiary/aromatic N) is 1. The van der Waals surface area contributed by atoms with Gasteiger partial charge in [-0.25, -0.2) is 0 Å². The molecule has 69 heavy (non-hydrogen) atoms. The first-order valence-corrected chi connectivity index (χ1v) is 25.6. The summed E-state index contributed by atoms with van der Waals surface area (Å²) in [6.45, 7) is 4.97. The maximum Gasteiger partial charge on any atom is 0.0714 e.